The maximum atomic E-state index is 12.8. The van der Waals surface area contributed by atoms with Crippen LogP contribution in [-0.2, 0) is 9.59 Å². The van der Waals surface area contributed by atoms with Crippen molar-refractivity contribution in [1.82, 2.24) is 10.7 Å². The topological polar surface area (TPSA) is 108 Å². The molecule has 0 aliphatic carbocycles. The number of fused-ring (bicyclic) bond motifs is 1. The first-order valence-corrected chi connectivity index (χ1v) is 9.59. The molecule has 3 aromatic carbocycles. The van der Waals surface area contributed by atoms with Crippen LogP contribution < -0.4 is 15.6 Å². The van der Waals surface area contributed by atoms with Crippen molar-refractivity contribution in [2.24, 2.45) is 11.0 Å². The van der Waals surface area contributed by atoms with Gasteiger partial charge < -0.3 is 0 Å². The summed E-state index contributed by atoms with van der Waals surface area (Å²) >= 11 is 5.84. The summed E-state index contributed by atoms with van der Waals surface area (Å²) < 4.78 is 0. The van der Waals surface area contributed by atoms with Gasteiger partial charge in [-0.25, -0.2) is 15.1 Å². The summed E-state index contributed by atoms with van der Waals surface area (Å²) in [6.45, 7) is 0. The van der Waals surface area contributed by atoms with Gasteiger partial charge in [0.2, 0.25) is 5.91 Å². The minimum atomic E-state index is -1.39. The van der Waals surface area contributed by atoms with Crippen LogP contribution in [0.2, 0.25) is 5.02 Å². The number of anilines is 1. The zero-order chi connectivity index (χ0) is 22.0. The Morgan fingerprint density at radius 2 is 1.71 bits per heavy atom. The highest BCUT2D eigenvalue weighted by Crippen LogP contribution is 2.22. The number of barbiturate groups is 1. The second kappa shape index (κ2) is 8.37. The molecule has 0 spiro atoms. The van der Waals surface area contributed by atoms with E-state index in [4.69, 9.17) is 11.6 Å². The Kier molecular flexibility index (Phi) is 5.46. The maximum Gasteiger partial charge on any atom is 0.335 e. The second-order valence-corrected chi connectivity index (χ2v) is 7.10. The molecular formula is C22H15ClN4O4. The van der Waals surface area contributed by atoms with Crippen LogP contribution in [0.25, 0.3) is 10.8 Å². The fourth-order valence-corrected chi connectivity index (χ4v) is 3.34. The summed E-state index contributed by atoms with van der Waals surface area (Å²) in [6.07, 6.45) is 0.996. The number of imide groups is 2. The van der Waals surface area contributed by atoms with Gasteiger partial charge in [0.05, 0.1) is 5.69 Å². The lowest BCUT2D eigenvalue weighted by atomic mass is 10.0. The Morgan fingerprint density at radius 1 is 1.00 bits per heavy atom. The van der Waals surface area contributed by atoms with Crippen molar-refractivity contribution < 1.29 is 19.2 Å². The van der Waals surface area contributed by atoms with Crippen LogP contribution in [0.15, 0.2) is 71.8 Å². The number of urea groups is 1. The molecule has 1 aliphatic heterocycles. The number of carbonyl (C=O) groups is 4. The van der Waals surface area contributed by atoms with E-state index >= 15 is 0 Å². The number of amides is 5. The van der Waals surface area contributed by atoms with Crippen molar-refractivity contribution in [1.29, 1.82) is 0 Å². The van der Waals surface area contributed by atoms with E-state index in [1.807, 2.05) is 30.3 Å². The summed E-state index contributed by atoms with van der Waals surface area (Å²) in [5, 5.41) is 7.94. The molecule has 0 saturated carbocycles. The Hall–Kier alpha value is -4.04. The molecule has 0 aromatic heterocycles. The van der Waals surface area contributed by atoms with E-state index in [9.17, 15) is 19.2 Å². The highest BCUT2D eigenvalue weighted by atomic mass is 35.5. The third kappa shape index (κ3) is 4.01. The first-order valence-electron chi connectivity index (χ1n) is 9.21. The number of rotatable bonds is 4. The van der Waals surface area contributed by atoms with Crippen LogP contribution in [0, 0.1) is 5.92 Å². The zero-order valence-corrected chi connectivity index (χ0v) is 16.7. The van der Waals surface area contributed by atoms with Crippen molar-refractivity contribution >= 4 is 58.0 Å². The molecule has 8 nitrogen and oxygen atoms in total. The van der Waals surface area contributed by atoms with Crippen molar-refractivity contribution in [2.45, 2.75) is 0 Å². The van der Waals surface area contributed by atoms with Crippen LogP contribution >= 0.6 is 11.6 Å². The monoisotopic (exact) mass is 434 g/mol. The van der Waals surface area contributed by atoms with Crippen molar-refractivity contribution in [3.05, 3.63) is 77.3 Å². The van der Waals surface area contributed by atoms with E-state index < -0.39 is 29.7 Å². The zero-order valence-electron chi connectivity index (χ0n) is 15.9. The van der Waals surface area contributed by atoms with E-state index in [0.29, 0.717) is 10.6 Å². The van der Waals surface area contributed by atoms with Gasteiger partial charge in [-0.15, -0.1) is 0 Å². The number of hydrazone groups is 1. The summed E-state index contributed by atoms with van der Waals surface area (Å²) in [5.41, 5.74) is 2.97. The fraction of sp³-hybridized carbons (Fsp3) is 0.0455. The van der Waals surface area contributed by atoms with Gasteiger partial charge in [0.25, 0.3) is 11.8 Å². The molecule has 1 atom stereocenters. The molecule has 2 N–H and O–H groups in total. The number of hydrogen-bond donors (Lipinski definition) is 2. The number of halogens is 1. The molecule has 0 radical (unpaired) electrons. The van der Waals surface area contributed by atoms with Gasteiger partial charge in [0, 0.05) is 16.8 Å². The molecular weight excluding hydrogens is 420 g/mol. The van der Waals surface area contributed by atoms with Gasteiger partial charge in [0.1, 0.15) is 0 Å². The molecule has 4 rings (SSSR count). The SMILES string of the molecule is O=C(N/N=C\[C@@H]1C(=O)NC(=O)N(c2ccc(Cl)cc2)C1=O)c1cccc2ccccc12. The molecule has 1 aliphatic rings. The molecule has 1 heterocycles. The molecule has 9 heteroatoms. The molecule has 5 amide bonds. The van der Waals surface area contributed by atoms with Gasteiger partial charge in [-0.1, -0.05) is 48.0 Å². The predicted molar refractivity (Wildman–Crippen MR) is 116 cm³/mol. The molecule has 3 aromatic rings. The van der Waals surface area contributed by atoms with Crippen molar-refractivity contribution in [3.63, 3.8) is 0 Å². The fourth-order valence-electron chi connectivity index (χ4n) is 3.21. The minimum Gasteiger partial charge on any atom is -0.276 e. The summed E-state index contributed by atoms with van der Waals surface area (Å²) in [5.74, 6) is -3.51. The molecule has 1 saturated heterocycles. The number of hydrogen-bond acceptors (Lipinski definition) is 5. The van der Waals surface area contributed by atoms with Crippen LogP contribution in [0.4, 0.5) is 10.5 Å². The van der Waals surface area contributed by atoms with Gasteiger partial charge in [-0.3, -0.25) is 19.7 Å². The number of nitrogens with one attached hydrogen (secondary N) is 2. The molecule has 1 fully saturated rings. The van der Waals surface area contributed by atoms with E-state index in [1.165, 1.54) is 24.3 Å². The van der Waals surface area contributed by atoms with E-state index in [0.717, 1.165) is 21.9 Å². The number of carbonyl (C=O) groups excluding carboxylic acids is 4. The Bertz CT molecular complexity index is 1230. The summed E-state index contributed by atoms with van der Waals surface area (Å²) in [7, 11) is 0. The molecule has 0 unspecified atom stereocenters. The molecule has 31 heavy (non-hydrogen) atoms. The number of benzene rings is 3. The largest absolute Gasteiger partial charge is 0.335 e. The first-order chi connectivity index (χ1) is 15.0. The van der Waals surface area contributed by atoms with Crippen LogP contribution in [0.5, 0.6) is 0 Å². The Labute approximate surface area is 181 Å². The summed E-state index contributed by atoms with van der Waals surface area (Å²) in [4.78, 5) is 50.5. The van der Waals surface area contributed by atoms with Crippen molar-refractivity contribution in [3.8, 4) is 0 Å². The van der Waals surface area contributed by atoms with E-state index in [1.54, 1.807) is 12.1 Å². The highest BCUT2D eigenvalue weighted by molar-refractivity contribution is 6.33. The van der Waals surface area contributed by atoms with Crippen LogP contribution in [0.1, 0.15) is 10.4 Å². The van der Waals surface area contributed by atoms with Gasteiger partial charge in [-0.2, -0.15) is 5.10 Å². The third-order valence-electron chi connectivity index (χ3n) is 4.71. The van der Waals surface area contributed by atoms with Gasteiger partial charge in [-0.05, 0) is 41.1 Å². The quantitative estimate of drug-likeness (QED) is 0.373. The van der Waals surface area contributed by atoms with E-state index in [-0.39, 0.29) is 5.69 Å². The Morgan fingerprint density at radius 3 is 2.48 bits per heavy atom. The minimum absolute atomic E-state index is 0.248. The van der Waals surface area contributed by atoms with Crippen molar-refractivity contribution in [2.75, 3.05) is 4.90 Å². The van der Waals surface area contributed by atoms with Gasteiger partial charge >= 0.3 is 6.03 Å². The first kappa shape index (κ1) is 20.2. The van der Waals surface area contributed by atoms with Crippen LogP contribution in [0.3, 0.4) is 0 Å². The van der Waals surface area contributed by atoms with Gasteiger partial charge in [0.15, 0.2) is 5.92 Å². The third-order valence-corrected chi connectivity index (χ3v) is 4.96. The Balaban J connectivity index is 1.53. The second-order valence-electron chi connectivity index (χ2n) is 6.67. The lowest BCUT2D eigenvalue weighted by molar-refractivity contribution is -0.131. The average Bonchev–Trinajstić information content (AvgIpc) is 2.76. The highest BCUT2D eigenvalue weighted by Gasteiger charge is 2.40. The number of nitrogens with zero attached hydrogens (tertiary/aromatic N) is 2. The van der Waals surface area contributed by atoms with E-state index in [2.05, 4.69) is 15.8 Å². The average molecular weight is 435 g/mol. The van der Waals surface area contributed by atoms with Crippen LogP contribution in [-0.4, -0.2) is 30.0 Å². The summed E-state index contributed by atoms with van der Waals surface area (Å²) in [6, 6.07) is 17.7. The lowest BCUT2D eigenvalue weighted by Gasteiger charge is -2.28. The maximum absolute atomic E-state index is 12.8. The standard InChI is InChI=1S/C22H15ClN4O4/c23-14-8-10-15(11-9-14)27-21(30)18(19(28)25-22(27)31)12-24-26-20(29)17-7-3-5-13-4-1-2-6-16(13)17/h1-12,18H,(H,26,29)(H,25,28,31)/b24-12-/t18-/m1/s1. The normalized spacial score (nSPS) is 16.6. The predicted octanol–water partition coefficient (Wildman–Crippen LogP) is 3.11. The molecule has 0 bridgehead atoms. The smallest absolute Gasteiger partial charge is 0.276 e. The molecule has 154 valence electrons. The lowest BCUT2D eigenvalue weighted by Crippen LogP contribution is -2.58.